The lowest BCUT2D eigenvalue weighted by atomic mass is 9.89. The number of phenolic OH excluding ortho intramolecular Hbond substituents is 1. The van der Waals surface area contributed by atoms with Gasteiger partial charge in [0.15, 0.2) is 0 Å². The molecule has 1 N–H and O–H groups in total. The summed E-state index contributed by atoms with van der Waals surface area (Å²) in [6, 6.07) is 3.29. The molecule has 1 atom stereocenters. The van der Waals surface area contributed by atoms with Crippen LogP contribution in [0, 0.1) is 4.91 Å². The highest BCUT2D eigenvalue weighted by molar-refractivity contribution is 5.85. The largest absolute Gasteiger partial charge is 0.508 e. The van der Waals surface area contributed by atoms with E-state index in [0.717, 1.165) is 37.2 Å². The second kappa shape index (κ2) is 4.53. The molecule has 0 radical (unpaired) electrons. The Morgan fingerprint density at radius 1 is 1.35 bits per heavy atom. The molecule has 1 aromatic carbocycles. The van der Waals surface area contributed by atoms with Gasteiger partial charge in [-0.15, -0.1) is 12.4 Å². The molecule has 0 saturated carbocycles. The van der Waals surface area contributed by atoms with Crippen LogP contribution in [0.4, 0.5) is 5.69 Å². The highest BCUT2D eigenvalue weighted by atomic mass is 35.5. The minimum Gasteiger partial charge on any atom is -0.508 e. The summed E-state index contributed by atoms with van der Waals surface area (Å²) in [5.74, 6) is 0.218. The topological polar surface area (TPSA) is 52.9 Å². The van der Waals surface area contributed by atoms with Gasteiger partial charge in [-0.25, -0.2) is 0 Å². The number of hydrogen-bond acceptors (Lipinski definition) is 4. The first-order valence-electron chi connectivity index (χ1n) is 5.73. The molecule has 1 unspecified atom stereocenters. The molecule has 17 heavy (non-hydrogen) atoms. The molecular formula is C12H15ClN2O2. The van der Waals surface area contributed by atoms with Crippen LogP contribution in [0.3, 0.4) is 0 Å². The summed E-state index contributed by atoms with van der Waals surface area (Å²) in [7, 11) is 0. The Labute approximate surface area is 106 Å². The predicted octanol–water partition coefficient (Wildman–Crippen LogP) is 2.78. The van der Waals surface area contributed by atoms with Gasteiger partial charge in [-0.3, -0.25) is 0 Å². The van der Waals surface area contributed by atoms with Gasteiger partial charge in [0.2, 0.25) is 0 Å². The third kappa shape index (κ3) is 1.76. The Morgan fingerprint density at radius 2 is 2.18 bits per heavy atom. The van der Waals surface area contributed by atoms with Gasteiger partial charge in [0.05, 0.1) is 0 Å². The maximum Gasteiger partial charge on any atom is 0.124 e. The van der Waals surface area contributed by atoms with E-state index in [4.69, 9.17) is 0 Å². The fraction of sp³-hybridized carbons (Fsp3) is 0.500. The fourth-order valence-corrected chi connectivity index (χ4v) is 2.87. The van der Waals surface area contributed by atoms with Crippen molar-refractivity contribution in [1.82, 2.24) is 0 Å². The quantitative estimate of drug-likeness (QED) is 0.784. The number of phenols is 1. The van der Waals surface area contributed by atoms with Gasteiger partial charge in [-0.2, -0.15) is 4.91 Å². The minimum atomic E-state index is -0.371. The van der Waals surface area contributed by atoms with Gasteiger partial charge >= 0.3 is 0 Å². The standard InChI is InChI=1S/C12H14N2O2.ClH/c15-10-4-3-8-2-1-6-14-7-5-9(13-16)11(10)12(8)14;/h3-4,9,15H,1-2,5-7H2;1H. The van der Waals surface area contributed by atoms with Crippen molar-refractivity contribution in [3.8, 4) is 5.75 Å². The van der Waals surface area contributed by atoms with Crippen molar-refractivity contribution in [2.24, 2.45) is 5.18 Å². The summed E-state index contributed by atoms with van der Waals surface area (Å²) >= 11 is 0. The Balaban J connectivity index is 0.00000108. The molecule has 0 fully saturated rings. The number of rotatable bonds is 1. The molecule has 0 saturated heterocycles. The summed E-state index contributed by atoms with van der Waals surface area (Å²) in [5, 5.41) is 13.0. The number of nitrogens with zero attached hydrogens (tertiary/aromatic N) is 2. The lowest BCUT2D eigenvalue weighted by molar-refractivity contribution is 0.450. The average Bonchev–Trinajstić information content (AvgIpc) is 2.33. The van der Waals surface area contributed by atoms with Crippen molar-refractivity contribution in [3.63, 3.8) is 0 Å². The monoisotopic (exact) mass is 254 g/mol. The van der Waals surface area contributed by atoms with E-state index in [1.165, 1.54) is 5.56 Å². The molecule has 0 spiro atoms. The number of aromatic hydroxyl groups is 1. The number of hydrogen-bond donors (Lipinski definition) is 1. The van der Waals surface area contributed by atoms with E-state index in [2.05, 4.69) is 10.1 Å². The highest BCUT2D eigenvalue weighted by Gasteiger charge is 2.32. The van der Waals surface area contributed by atoms with E-state index in [-0.39, 0.29) is 24.2 Å². The first kappa shape index (κ1) is 12.2. The van der Waals surface area contributed by atoms with Gasteiger partial charge < -0.3 is 10.0 Å². The number of benzene rings is 1. The van der Waals surface area contributed by atoms with Gasteiger partial charge in [0.25, 0.3) is 0 Å². The van der Waals surface area contributed by atoms with Crippen molar-refractivity contribution < 1.29 is 5.11 Å². The van der Waals surface area contributed by atoms with Gasteiger partial charge in [0.1, 0.15) is 11.8 Å². The third-order valence-electron chi connectivity index (χ3n) is 3.60. The van der Waals surface area contributed by atoms with E-state index in [1.807, 2.05) is 6.07 Å². The molecule has 2 heterocycles. The number of nitroso groups, excluding NO2 is 1. The Bertz CT molecular complexity index is 450. The second-order valence-electron chi connectivity index (χ2n) is 4.51. The Hall–Kier alpha value is -1.29. The molecule has 3 rings (SSSR count). The van der Waals surface area contributed by atoms with Crippen LogP contribution in [-0.4, -0.2) is 18.2 Å². The lowest BCUT2D eigenvalue weighted by Crippen LogP contribution is -2.35. The molecule has 5 heteroatoms. The summed E-state index contributed by atoms with van der Waals surface area (Å²) in [4.78, 5) is 13.1. The maximum absolute atomic E-state index is 10.8. The lowest BCUT2D eigenvalue weighted by Gasteiger charge is -2.38. The molecule has 0 bridgehead atoms. The smallest absolute Gasteiger partial charge is 0.124 e. The van der Waals surface area contributed by atoms with Crippen LogP contribution in [0.5, 0.6) is 5.75 Å². The average molecular weight is 255 g/mol. The van der Waals surface area contributed by atoms with E-state index < -0.39 is 0 Å². The van der Waals surface area contributed by atoms with Gasteiger partial charge in [0, 0.05) is 24.3 Å². The van der Waals surface area contributed by atoms with Crippen LogP contribution in [0.25, 0.3) is 0 Å². The minimum absolute atomic E-state index is 0. The molecule has 2 aliphatic heterocycles. The normalized spacial score (nSPS) is 21.4. The number of anilines is 1. The molecule has 0 aliphatic carbocycles. The first-order valence-corrected chi connectivity index (χ1v) is 5.73. The summed E-state index contributed by atoms with van der Waals surface area (Å²) in [6.07, 6.45) is 2.90. The zero-order valence-electron chi connectivity index (χ0n) is 9.43. The van der Waals surface area contributed by atoms with Crippen LogP contribution < -0.4 is 4.90 Å². The van der Waals surface area contributed by atoms with Crippen molar-refractivity contribution in [2.45, 2.75) is 25.3 Å². The SMILES string of the molecule is Cl.O=NC1CCN2CCCc3ccc(O)c1c32. The van der Waals surface area contributed by atoms with Crippen LogP contribution in [0.15, 0.2) is 17.3 Å². The van der Waals surface area contributed by atoms with Crippen molar-refractivity contribution in [2.75, 3.05) is 18.0 Å². The zero-order chi connectivity index (χ0) is 11.1. The Morgan fingerprint density at radius 3 is 2.94 bits per heavy atom. The van der Waals surface area contributed by atoms with Crippen LogP contribution in [-0.2, 0) is 6.42 Å². The van der Waals surface area contributed by atoms with Crippen molar-refractivity contribution >= 4 is 18.1 Å². The molecule has 0 amide bonds. The van der Waals surface area contributed by atoms with Gasteiger partial charge in [-0.05, 0) is 30.9 Å². The maximum atomic E-state index is 10.8. The Kier molecular flexibility index (Phi) is 3.24. The predicted molar refractivity (Wildman–Crippen MR) is 69.0 cm³/mol. The molecule has 92 valence electrons. The molecular weight excluding hydrogens is 240 g/mol. The molecule has 4 nitrogen and oxygen atoms in total. The first-order chi connectivity index (χ1) is 7.81. The molecule has 0 aromatic heterocycles. The van der Waals surface area contributed by atoms with Crippen LogP contribution >= 0.6 is 12.4 Å². The van der Waals surface area contributed by atoms with Gasteiger partial charge in [-0.1, -0.05) is 11.2 Å². The third-order valence-corrected chi connectivity index (χ3v) is 3.60. The van der Waals surface area contributed by atoms with E-state index >= 15 is 0 Å². The van der Waals surface area contributed by atoms with E-state index in [9.17, 15) is 10.0 Å². The summed E-state index contributed by atoms with van der Waals surface area (Å²) in [6.45, 7) is 1.90. The number of halogens is 1. The van der Waals surface area contributed by atoms with E-state index in [1.54, 1.807) is 6.07 Å². The fourth-order valence-electron chi connectivity index (χ4n) is 2.87. The summed E-state index contributed by atoms with van der Waals surface area (Å²) < 4.78 is 0. The second-order valence-corrected chi connectivity index (χ2v) is 4.51. The number of aryl methyl sites for hydroxylation is 1. The highest BCUT2D eigenvalue weighted by Crippen LogP contribution is 2.45. The molecule has 1 aromatic rings. The van der Waals surface area contributed by atoms with Crippen LogP contribution in [0.1, 0.15) is 30.0 Å². The molecule has 2 aliphatic rings. The van der Waals surface area contributed by atoms with Crippen molar-refractivity contribution in [3.05, 3.63) is 28.2 Å². The summed E-state index contributed by atoms with van der Waals surface area (Å²) in [5.41, 5.74) is 3.06. The van der Waals surface area contributed by atoms with E-state index in [0.29, 0.717) is 6.42 Å². The zero-order valence-corrected chi connectivity index (χ0v) is 10.2. The van der Waals surface area contributed by atoms with Crippen LogP contribution in [0.2, 0.25) is 0 Å². The van der Waals surface area contributed by atoms with Crippen molar-refractivity contribution in [1.29, 1.82) is 0 Å².